The second-order valence-electron chi connectivity index (χ2n) is 7.77. The summed E-state index contributed by atoms with van der Waals surface area (Å²) in [5.41, 5.74) is 0.982. The van der Waals surface area contributed by atoms with E-state index in [-0.39, 0.29) is 17.1 Å². The number of thiazole rings is 1. The van der Waals surface area contributed by atoms with Crippen LogP contribution in [0.2, 0.25) is 0 Å². The Morgan fingerprint density at radius 3 is 2.69 bits per heavy atom. The van der Waals surface area contributed by atoms with Gasteiger partial charge in [0.15, 0.2) is 5.96 Å². The minimum atomic E-state index is -0.0966. The van der Waals surface area contributed by atoms with E-state index in [4.69, 9.17) is 14.5 Å². The molecule has 2 rings (SSSR count). The predicted molar refractivity (Wildman–Crippen MR) is 108 cm³/mol. The number of aromatic nitrogens is 1. The lowest BCUT2D eigenvalue weighted by molar-refractivity contribution is -0.177. The van der Waals surface area contributed by atoms with Gasteiger partial charge in [0, 0.05) is 44.6 Å². The standard InChI is InChI=1S/C19H34N4O2S/c1-9-20-17(22-15-10-19(5,25-8)18(15,3)4)23(6)11-14-12-26-16(21-14)13(2)24-7/h12-13,15H,9-11H2,1-8H3,(H,20,22). The van der Waals surface area contributed by atoms with E-state index in [2.05, 4.69) is 55.3 Å². The lowest BCUT2D eigenvalue weighted by atomic mass is 9.56. The number of nitrogens with zero attached hydrogens (tertiary/aromatic N) is 3. The van der Waals surface area contributed by atoms with Gasteiger partial charge in [-0.05, 0) is 27.2 Å². The van der Waals surface area contributed by atoms with E-state index >= 15 is 0 Å². The highest BCUT2D eigenvalue weighted by Gasteiger charge is 2.58. The summed E-state index contributed by atoms with van der Waals surface area (Å²) < 4.78 is 11.1. The van der Waals surface area contributed by atoms with E-state index in [1.165, 1.54) is 0 Å². The van der Waals surface area contributed by atoms with Gasteiger partial charge in [0.05, 0.1) is 17.8 Å². The Kier molecular flexibility index (Phi) is 6.69. The van der Waals surface area contributed by atoms with Crippen LogP contribution in [0.15, 0.2) is 10.4 Å². The van der Waals surface area contributed by atoms with Crippen molar-refractivity contribution in [1.82, 2.24) is 15.2 Å². The number of hydrogen-bond acceptors (Lipinski definition) is 5. The maximum absolute atomic E-state index is 5.74. The van der Waals surface area contributed by atoms with E-state index in [1.54, 1.807) is 25.6 Å². The summed E-state index contributed by atoms with van der Waals surface area (Å²) in [6, 6.07) is 0.333. The molecule has 3 atom stereocenters. The van der Waals surface area contributed by atoms with Gasteiger partial charge in [-0.25, -0.2) is 4.98 Å². The molecule has 148 valence electrons. The number of aliphatic imine (C=N–C) groups is 1. The van der Waals surface area contributed by atoms with Crippen LogP contribution in [0, 0.1) is 5.41 Å². The van der Waals surface area contributed by atoms with Crippen LogP contribution in [0.4, 0.5) is 0 Å². The molecule has 1 saturated carbocycles. The van der Waals surface area contributed by atoms with Crippen molar-refractivity contribution in [3.8, 4) is 0 Å². The molecule has 1 N–H and O–H groups in total. The van der Waals surface area contributed by atoms with Crippen molar-refractivity contribution in [1.29, 1.82) is 0 Å². The third-order valence-corrected chi connectivity index (χ3v) is 6.98. The van der Waals surface area contributed by atoms with Crippen LogP contribution < -0.4 is 5.32 Å². The topological polar surface area (TPSA) is 59.0 Å². The summed E-state index contributed by atoms with van der Waals surface area (Å²) in [7, 11) is 5.56. The highest BCUT2D eigenvalue weighted by molar-refractivity contribution is 7.09. The first-order chi connectivity index (χ1) is 12.2. The molecule has 0 aromatic carbocycles. The molecule has 1 aliphatic carbocycles. The maximum Gasteiger partial charge on any atom is 0.194 e. The van der Waals surface area contributed by atoms with Crippen molar-refractivity contribution >= 4 is 17.3 Å². The summed E-state index contributed by atoms with van der Waals surface area (Å²) in [6.45, 7) is 12.2. The largest absolute Gasteiger partial charge is 0.378 e. The molecule has 26 heavy (non-hydrogen) atoms. The van der Waals surface area contributed by atoms with Gasteiger partial charge in [0.25, 0.3) is 0 Å². The van der Waals surface area contributed by atoms with Gasteiger partial charge in [-0.1, -0.05) is 13.8 Å². The SMILES string of the molecule is CCN=C(NC1CC(C)(OC)C1(C)C)N(C)Cc1csc(C(C)OC)n1. The molecule has 0 bridgehead atoms. The molecule has 1 heterocycles. The van der Waals surface area contributed by atoms with Gasteiger partial charge >= 0.3 is 0 Å². The second kappa shape index (κ2) is 8.23. The number of methoxy groups -OCH3 is 2. The average Bonchev–Trinajstić information content (AvgIpc) is 3.07. The molecule has 1 aromatic heterocycles. The third-order valence-electron chi connectivity index (χ3n) is 5.92. The lowest BCUT2D eigenvalue weighted by Gasteiger charge is -2.59. The predicted octanol–water partition coefficient (Wildman–Crippen LogP) is 3.45. The average molecular weight is 383 g/mol. The first-order valence-electron chi connectivity index (χ1n) is 9.22. The van der Waals surface area contributed by atoms with Crippen LogP contribution in [0.25, 0.3) is 0 Å². The van der Waals surface area contributed by atoms with E-state index in [0.29, 0.717) is 12.6 Å². The minimum absolute atomic E-state index is 0.0310. The van der Waals surface area contributed by atoms with Crippen LogP contribution in [-0.2, 0) is 16.0 Å². The first kappa shape index (κ1) is 21.1. The quantitative estimate of drug-likeness (QED) is 0.578. The Balaban J connectivity index is 2.04. The number of hydrogen-bond donors (Lipinski definition) is 1. The molecule has 7 heteroatoms. The fraction of sp³-hybridized carbons (Fsp3) is 0.789. The van der Waals surface area contributed by atoms with Crippen LogP contribution >= 0.6 is 11.3 Å². The van der Waals surface area contributed by atoms with Crippen molar-refractivity contribution in [2.75, 3.05) is 27.8 Å². The van der Waals surface area contributed by atoms with E-state index < -0.39 is 0 Å². The molecular formula is C19H34N4O2S. The Morgan fingerprint density at radius 2 is 2.15 bits per heavy atom. The fourth-order valence-electron chi connectivity index (χ4n) is 3.31. The van der Waals surface area contributed by atoms with E-state index in [9.17, 15) is 0 Å². The second-order valence-corrected chi connectivity index (χ2v) is 8.66. The summed E-state index contributed by atoms with van der Waals surface area (Å²) in [6.07, 6.45) is 1.00. The van der Waals surface area contributed by atoms with Gasteiger partial charge in [-0.2, -0.15) is 0 Å². The zero-order valence-corrected chi connectivity index (χ0v) is 18.2. The van der Waals surface area contributed by atoms with Crippen LogP contribution in [-0.4, -0.2) is 55.3 Å². The van der Waals surface area contributed by atoms with Crippen molar-refractivity contribution in [3.63, 3.8) is 0 Å². The van der Waals surface area contributed by atoms with Crippen molar-refractivity contribution in [2.45, 2.75) is 65.3 Å². The van der Waals surface area contributed by atoms with Gasteiger partial charge in [0.2, 0.25) is 0 Å². The Bertz CT molecular complexity index is 631. The molecule has 0 amide bonds. The smallest absolute Gasteiger partial charge is 0.194 e. The number of rotatable bonds is 7. The van der Waals surface area contributed by atoms with Crippen LogP contribution in [0.3, 0.4) is 0 Å². The lowest BCUT2D eigenvalue weighted by Crippen LogP contribution is -2.69. The van der Waals surface area contributed by atoms with Gasteiger partial charge in [-0.15, -0.1) is 11.3 Å². The molecule has 0 saturated heterocycles. The summed E-state index contributed by atoms with van der Waals surface area (Å²) in [5.74, 6) is 0.915. The highest BCUT2D eigenvalue weighted by Crippen LogP contribution is 2.51. The van der Waals surface area contributed by atoms with Gasteiger partial charge in [-0.3, -0.25) is 4.99 Å². The van der Waals surface area contributed by atoms with Crippen molar-refractivity contribution < 1.29 is 9.47 Å². The van der Waals surface area contributed by atoms with Gasteiger partial charge in [0.1, 0.15) is 11.1 Å². The normalized spacial score (nSPS) is 26.3. The molecule has 1 aromatic rings. The zero-order valence-electron chi connectivity index (χ0n) is 17.4. The third kappa shape index (κ3) is 4.05. The van der Waals surface area contributed by atoms with E-state index in [0.717, 1.165) is 29.6 Å². The Hall–Kier alpha value is -1.18. The highest BCUT2D eigenvalue weighted by atomic mass is 32.1. The fourth-order valence-corrected chi connectivity index (χ4v) is 4.15. The Labute approximate surface area is 162 Å². The molecule has 0 spiro atoms. The van der Waals surface area contributed by atoms with Crippen LogP contribution in [0.5, 0.6) is 0 Å². The molecule has 3 unspecified atom stereocenters. The maximum atomic E-state index is 5.74. The monoisotopic (exact) mass is 382 g/mol. The molecule has 0 aliphatic heterocycles. The zero-order chi connectivity index (χ0) is 19.5. The number of nitrogens with one attached hydrogen (secondary N) is 1. The number of ether oxygens (including phenoxy) is 2. The summed E-state index contributed by atoms with van der Waals surface area (Å²) in [4.78, 5) is 11.5. The van der Waals surface area contributed by atoms with Crippen molar-refractivity contribution in [3.05, 3.63) is 16.1 Å². The van der Waals surface area contributed by atoms with Gasteiger partial charge < -0.3 is 19.7 Å². The van der Waals surface area contributed by atoms with E-state index in [1.807, 2.05) is 6.92 Å². The summed E-state index contributed by atoms with van der Waals surface area (Å²) in [5, 5.41) is 6.75. The summed E-state index contributed by atoms with van der Waals surface area (Å²) >= 11 is 1.64. The van der Waals surface area contributed by atoms with Crippen molar-refractivity contribution in [2.24, 2.45) is 10.4 Å². The molecule has 1 fully saturated rings. The minimum Gasteiger partial charge on any atom is -0.378 e. The molecule has 6 nitrogen and oxygen atoms in total. The molecular weight excluding hydrogens is 348 g/mol. The molecule has 0 radical (unpaired) electrons. The Morgan fingerprint density at radius 1 is 1.46 bits per heavy atom. The number of guanidine groups is 1. The first-order valence-corrected chi connectivity index (χ1v) is 10.1. The molecule has 1 aliphatic rings. The van der Waals surface area contributed by atoms with Crippen LogP contribution in [0.1, 0.15) is 57.8 Å².